The van der Waals surface area contributed by atoms with Crippen LogP contribution in [0.25, 0.3) is 0 Å². The summed E-state index contributed by atoms with van der Waals surface area (Å²) in [4.78, 5) is 11.1. The van der Waals surface area contributed by atoms with Gasteiger partial charge in [-0.1, -0.05) is 26.7 Å². The van der Waals surface area contributed by atoms with Gasteiger partial charge in [0.25, 0.3) is 0 Å². The van der Waals surface area contributed by atoms with Crippen LogP contribution in [0.4, 0.5) is 0 Å². The third kappa shape index (κ3) is 3.90. The van der Waals surface area contributed by atoms with Gasteiger partial charge in [0.2, 0.25) is 0 Å². The fourth-order valence-electron chi connectivity index (χ4n) is 1.96. The second-order valence-corrected chi connectivity index (χ2v) is 3.40. The Morgan fingerprint density at radius 1 is 1.23 bits per heavy atom. The van der Waals surface area contributed by atoms with Crippen LogP contribution in [0.2, 0.25) is 0 Å². The van der Waals surface area contributed by atoms with Crippen LogP contribution in [0.5, 0.6) is 0 Å². The molecule has 0 aromatic rings. The van der Waals surface area contributed by atoms with Crippen molar-refractivity contribution in [2.45, 2.75) is 52.5 Å². The molecule has 78 valence electrons. The van der Waals surface area contributed by atoms with Gasteiger partial charge >= 0.3 is 0 Å². The van der Waals surface area contributed by atoms with Gasteiger partial charge in [-0.15, -0.1) is 0 Å². The maximum atomic E-state index is 11.1. The third-order valence-electron chi connectivity index (χ3n) is 2.66. The summed E-state index contributed by atoms with van der Waals surface area (Å²) in [6.45, 7) is 5.71. The van der Waals surface area contributed by atoms with Gasteiger partial charge in [-0.2, -0.15) is 0 Å². The van der Waals surface area contributed by atoms with Crippen LogP contribution in [0, 0.1) is 5.92 Å². The number of ketones is 1. The molecule has 0 aromatic heterocycles. The van der Waals surface area contributed by atoms with Gasteiger partial charge < -0.3 is 5.32 Å². The molecule has 1 saturated carbocycles. The van der Waals surface area contributed by atoms with Crippen molar-refractivity contribution in [2.75, 3.05) is 7.05 Å². The lowest BCUT2D eigenvalue weighted by Gasteiger charge is -2.29. The van der Waals surface area contributed by atoms with Crippen molar-refractivity contribution < 1.29 is 4.79 Å². The molecule has 0 saturated heterocycles. The minimum atomic E-state index is 0.286. The maximum Gasteiger partial charge on any atom is 0.134 e. The number of rotatable bonds is 2. The Labute approximate surface area is 82.1 Å². The largest absolute Gasteiger partial charge is 0.316 e. The van der Waals surface area contributed by atoms with E-state index in [0.717, 1.165) is 6.42 Å². The quantitative estimate of drug-likeness (QED) is 0.715. The third-order valence-corrected chi connectivity index (χ3v) is 2.66. The average molecular weight is 185 g/mol. The molecule has 1 aliphatic rings. The van der Waals surface area contributed by atoms with Crippen LogP contribution < -0.4 is 5.32 Å². The standard InChI is InChI=1S/C9H17NO.C2H6/c1-7(11)8-5-3-4-6-9(8)10-2;1-2/h8-10H,3-6H2,1-2H3;1-2H3. The Balaban J connectivity index is 0.000000671. The molecular formula is C11H23NO. The van der Waals surface area contributed by atoms with E-state index in [4.69, 9.17) is 0 Å². The minimum absolute atomic E-state index is 0.286. The van der Waals surface area contributed by atoms with E-state index in [2.05, 4.69) is 5.32 Å². The number of Topliss-reactive ketones (excluding diaryl/α,β-unsaturated/α-hetero) is 1. The van der Waals surface area contributed by atoms with Gasteiger partial charge in [0.1, 0.15) is 5.78 Å². The van der Waals surface area contributed by atoms with E-state index < -0.39 is 0 Å². The first-order chi connectivity index (χ1) is 6.25. The number of hydrogen-bond donors (Lipinski definition) is 1. The zero-order valence-electron chi connectivity index (χ0n) is 9.39. The summed E-state index contributed by atoms with van der Waals surface area (Å²) in [7, 11) is 1.95. The van der Waals surface area contributed by atoms with E-state index in [0.29, 0.717) is 11.8 Å². The number of nitrogens with one attached hydrogen (secondary N) is 1. The van der Waals surface area contributed by atoms with Crippen molar-refractivity contribution in [3.05, 3.63) is 0 Å². The fraction of sp³-hybridized carbons (Fsp3) is 0.909. The molecule has 1 N–H and O–H groups in total. The molecule has 0 bridgehead atoms. The highest BCUT2D eigenvalue weighted by molar-refractivity contribution is 5.79. The normalized spacial score (nSPS) is 27.4. The zero-order valence-corrected chi connectivity index (χ0v) is 9.39. The van der Waals surface area contributed by atoms with E-state index in [1.54, 1.807) is 6.92 Å². The van der Waals surface area contributed by atoms with E-state index >= 15 is 0 Å². The van der Waals surface area contributed by atoms with Gasteiger partial charge in [-0.05, 0) is 26.8 Å². The summed E-state index contributed by atoms with van der Waals surface area (Å²) in [5.41, 5.74) is 0. The molecular weight excluding hydrogens is 162 g/mol. The second kappa shape index (κ2) is 7.07. The lowest BCUT2D eigenvalue weighted by atomic mass is 9.82. The van der Waals surface area contributed by atoms with Crippen molar-refractivity contribution >= 4 is 5.78 Å². The monoisotopic (exact) mass is 185 g/mol. The van der Waals surface area contributed by atoms with Crippen LogP contribution in [-0.2, 0) is 4.79 Å². The zero-order chi connectivity index (χ0) is 10.3. The first-order valence-corrected chi connectivity index (χ1v) is 5.43. The minimum Gasteiger partial charge on any atom is -0.316 e. The van der Waals surface area contributed by atoms with Gasteiger partial charge in [-0.3, -0.25) is 4.79 Å². The SMILES string of the molecule is CC.CNC1CCCCC1C(C)=O. The number of carbonyl (C=O) groups excluding carboxylic acids is 1. The van der Waals surface area contributed by atoms with Crippen molar-refractivity contribution in [1.82, 2.24) is 5.32 Å². The van der Waals surface area contributed by atoms with Crippen LogP contribution in [-0.4, -0.2) is 18.9 Å². The molecule has 0 amide bonds. The summed E-state index contributed by atoms with van der Waals surface area (Å²) >= 11 is 0. The molecule has 2 nitrogen and oxygen atoms in total. The Hall–Kier alpha value is -0.370. The summed E-state index contributed by atoms with van der Waals surface area (Å²) < 4.78 is 0. The van der Waals surface area contributed by atoms with Crippen molar-refractivity contribution in [3.63, 3.8) is 0 Å². The Morgan fingerprint density at radius 2 is 1.77 bits per heavy atom. The molecule has 2 heteroatoms. The van der Waals surface area contributed by atoms with Crippen LogP contribution in [0.1, 0.15) is 46.5 Å². The van der Waals surface area contributed by atoms with Gasteiger partial charge in [0.15, 0.2) is 0 Å². The Kier molecular flexibility index (Phi) is 6.87. The first-order valence-electron chi connectivity index (χ1n) is 5.43. The average Bonchev–Trinajstić information content (AvgIpc) is 2.20. The summed E-state index contributed by atoms with van der Waals surface area (Å²) in [6, 6.07) is 0.446. The Morgan fingerprint density at radius 3 is 2.15 bits per heavy atom. The smallest absolute Gasteiger partial charge is 0.134 e. The van der Waals surface area contributed by atoms with Crippen molar-refractivity contribution in [1.29, 1.82) is 0 Å². The van der Waals surface area contributed by atoms with E-state index in [1.165, 1.54) is 19.3 Å². The lowest BCUT2D eigenvalue weighted by Crippen LogP contribution is -2.39. The summed E-state index contributed by atoms with van der Waals surface area (Å²) in [5, 5.41) is 3.21. The fourth-order valence-corrected chi connectivity index (χ4v) is 1.96. The lowest BCUT2D eigenvalue weighted by molar-refractivity contribution is -0.122. The van der Waals surface area contributed by atoms with E-state index in [1.807, 2.05) is 20.9 Å². The predicted molar refractivity (Wildman–Crippen MR) is 56.8 cm³/mol. The van der Waals surface area contributed by atoms with Gasteiger partial charge in [0, 0.05) is 12.0 Å². The van der Waals surface area contributed by atoms with Crippen molar-refractivity contribution in [2.24, 2.45) is 5.92 Å². The Bertz CT molecular complexity index is 145. The molecule has 0 aliphatic heterocycles. The molecule has 0 heterocycles. The second-order valence-electron chi connectivity index (χ2n) is 3.40. The summed E-state index contributed by atoms with van der Waals surface area (Å²) in [6.07, 6.45) is 4.75. The van der Waals surface area contributed by atoms with Crippen LogP contribution in [0.15, 0.2) is 0 Å². The summed E-state index contributed by atoms with van der Waals surface area (Å²) in [5.74, 6) is 0.637. The number of carbonyl (C=O) groups is 1. The van der Waals surface area contributed by atoms with E-state index in [-0.39, 0.29) is 5.92 Å². The van der Waals surface area contributed by atoms with Crippen LogP contribution in [0.3, 0.4) is 0 Å². The van der Waals surface area contributed by atoms with Gasteiger partial charge in [0.05, 0.1) is 0 Å². The topological polar surface area (TPSA) is 29.1 Å². The highest BCUT2D eigenvalue weighted by Crippen LogP contribution is 2.24. The molecule has 1 rings (SSSR count). The highest BCUT2D eigenvalue weighted by atomic mass is 16.1. The molecule has 1 aliphatic carbocycles. The predicted octanol–water partition coefficient (Wildman–Crippen LogP) is 2.38. The maximum absolute atomic E-state index is 11.1. The highest BCUT2D eigenvalue weighted by Gasteiger charge is 2.26. The number of hydrogen-bond acceptors (Lipinski definition) is 2. The molecule has 1 fully saturated rings. The molecule has 13 heavy (non-hydrogen) atoms. The van der Waals surface area contributed by atoms with Crippen molar-refractivity contribution in [3.8, 4) is 0 Å². The molecule has 0 aromatic carbocycles. The molecule has 0 spiro atoms. The molecule has 2 unspecified atom stereocenters. The molecule has 0 radical (unpaired) electrons. The van der Waals surface area contributed by atoms with Gasteiger partial charge in [-0.25, -0.2) is 0 Å². The van der Waals surface area contributed by atoms with Crippen LogP contribution >= 0.6 is 0 Å². The van der Waals surface area contributed by atoms with E-state index in [9.17, 15) is 4.79 Å². The molecule has 2 atom stereocenters. The first kappa shape index (κ1) is 12.6.